The maximum Gasteiger partial charge on any atom is 0.0971 e. The zero-order chi connectivity index (χ0) is 32.3. The van der Waals surface area contributed by atoms with E-state index in [1.54, 1.807) is 12.4 Å². The SMILES string of the molecule is c1cc(-c2ccc(-c3cccc(-c4cccc5c4sc4ccccc45)c3)cc2)cc(-c2ccc3c4ccccc4c4nccnc4c3c2)c1. The van der Waals surface area contributed by atoms with Crippen LogP contribution in [0.4, 0.5) is 0 Å². The molecule has 0 aliphatic heterocycles. The number of hydrogen-bond donors (Lipinski definition) is 0. The summed E-state index contributed by atoms with van der Waals surface area (Å²) in [5.41, 5.74) is 11.6. The Balaban J connectivity index is 0.995. The lowest BCUT2D eigenvalue weighted by Gasteiger charge is -2.12. The van der Waals surface area contributed by atoms with Crippen LogP contribution in [0.1, 0.15) is 0 Å². The predicted molar refractivity (Wildman–Crippen MR) is 209 cm³/mol. The van der Waals surface area contributed by atoms with E-state index >= 15 is 0 Å². The number of fused-ring (bicyclic) bond motifs is 9. The zero-order valence-corrected chi connectivity index (χ0v) is 27.3. The summed E-state index contributed by atoms with van der Waals surface area (Å²) in [6.07, 6.45) is 3.57. The number of nitrogens with zero attached hydrogens (tertiary/aromatic N) is 2. The van der Waals surface area contributed by atoms with E-state index in [1.165, 1.54) is 75.5 Å². The fraction of sp³-hybridized carbons (Fsp3) is 0. The van der Waals surface area contributed by atoms with Crippen LogP contribution in [0.25, 0.3) is 97.3 Å². The molecule has 49 heavy (non-hydrogen) atoms. The first-order chi connectivity index (χ1) is 24.3. The van der Waals surface area contributed by atoms with Gasteiger partial charge in [-0.2, -0.15) is 0 Å². The largest absolute Gasteiger partial charge is 0.252 e. The van der Waals surface area contributed by atoms with Crippen LogP contribution in [0, 0.1) is 0 Å². The fourth-order valence-electron chi connectivity index (χ4n) is 7.39. The molecule has 3 heteroatoms. The van der Waals surface area contributed by atoms with E-state index in [0.29, 0.717) is 0 Å². The summed E-state index contributed by atoms with van der Waals surface area (Å²) in [5.74, 6) is 0. The zero-order valence-electron chi connectivity index (χ0n) is 26.5. The summed E-state index contributed by atoms with van der Waals surface area (Å²) >= 11 is 1.88. The van der Waals surface area contributed by atoms with Gasteiger partial charge in [0.2, 0.25) is 0 Å². The third kappa shape index (κ3) is 4.62. The highest BCUT2D eigenvalue weighted by atomic mass is 32.1. The Labute approximate surface area is 287 Å². The third-order valence-electron chi connectivity index (χ3n) is 9.77. The molecule has 0 radical (unpaired) electrons. The van der Waals surface area contributed by atoms with Gasteiger partial charge in [0, 0.05) is 43.3 Å². The van der Waals surface area contributed by atoms with Gasteiger partial charge in [0.15, 0.2) is 0 Å². The minimum Gasteiger partial charge on any atom is -0.252 e. The number of thiophene rings is 1. The number of rotatable bonds is 4. The predicted octanol–water partition coefficient (Wildman–Crippen LogP) is 13.0. The van der Waals surface area contributed by atoms with Gasteiger partial charge in [-0.05, 0) is 79.5 Å². The van der Waals surface area contributed by atoms with Gasteiger partial charge in [-0.1, -0.05) is 133 Å². The van der Waals surface area contributed by atoms with Crippen LogP contribution < -0.4 is 0 Å². The second-order valence-corrected chi connectivity index (χ2v) is 13.6. The second-order valence-electron chi connectivity index (χ2n) is 12.6. The molecule has 0 bridgehead atoms. The van der Waals surface area contributed by atoms with Crippen molar-refractivity contribution in [2.24, 2.45) is 0 Å². The molecule has 10 rings (SSSR count). The van der Waals surface area contributed by atoms with Gasteiger partial charge >= 0.3 is 0 Å². The van der Waals surface area contributed by atoms with Crippen molar-refractivity contribution in [2.45, 2.75) is 0 Å². The molecule has 0 fully saturated rings. The fourth-order valence-corrected chi connectivity index (χ4v) is 8.62. The number of hydrogen-bond acceptors (Lipinski definition) is 3. The molecule has 2 aromatic heterocycles. The van der Waals surface area contributed by atoms with E-state index < -0.39 is 0 Å². The van der Waals surface area contributed by atoms with Crippen molar-refractivity contribution in [1.82, 2.24) is 9.97 Å². The molecule has 0 amide bonds. The van der Waals surface area contributed by atoms with E-state index in [4.69, 9.17) is 9.97 Å². The van der Waals surface area contributed by atoms with Crippen molar-refractivity contribution < 1.29 is 0 Å². The van der Waals surface area contributed by atoms with E-state index in [-0.39, 0.29) is 0 Å². The Bertz CT molecular complexity index is 2850. The quantitative estimate of drug-likeness (QED) is 0.179. The Morgan fingerprint density at radius 2 is 0.837 bits per heavy atom. The van der Waals surface area contributed by atoms with Crippen LogP contribution in [-0.2, 0) is 0 Å². The Morgan fingerprint density at radius 3 is 1.59 bits per heavy atom. The molecule has 0 unspecified atom stereocenters. The molecule has 0 saturated carbocycles. The Hall–Kier alpha value is -6.16. The van der Waals surface area contributed by atoms with Crippen LogP contribution in [0.15, 0.2) is 170 Å². The molecule has 0 atom stereocenters. The lowest BCUT2D eigenvalue weighted by Crippen LogP contribution is -1.89. The highest BCUT2D eigenvalue weighted by Crippen LogP contribution is 2.41. The summed E-state index contributed by atoms with van der Waals surface area (Å²) < 4.78 is 2.68. The van der Waals surface area contributed by atoms with Crippen LogP contribution in [0.3, 0.4) is 0 Å². The lowest BCUT2D eigenvalue weighted by atomic mass is 9.93. The van der Waals surface area contributed by atoms with Gasteiger partial charge in [0.25, 0.3) is 0 Å². The second kappa shape index (κ2) is 11.2. The lowest BCUT2D eigenvalue weighted by molar-refractivity contribution is 1.31. The molecule has 228 valence electrons. The molecule has 0 N–H and O–H groups in total. The Kier molecular flexibility index (Phi) is 6.39. The van der Waals surface area contributed by atoms with E-state index in [0.717, 1.165) is 21.8 Å². The summed E-state index contributed by atoms with van der Waals surface area (Å²) in [6, 6.07) is 57.3. The molecule has 2 heterocycles. The maximum absolute atomic E-state index is 4.78. The van der Waals surface area contributed by atoms with Crippen LogP contribution in [-0.4, -0.2) is 9.97 Å². The van der Waals surface area contributed by atoms with E-state index in [1.807, 2.05) is 11.3 Å². The van der Waals surface area contributed by atoms with Gasteiger partial charge in [-0.3, -0.25) is 9.97 Å². The minimum absolute atomic E-state index is 0.939. The molecular formula is C46H28N2S. The molecule has 0 aliphatic rings. The molecule has 0 saturated heterocycles. The maximum atomic E-state index is 4.78. The first-order valence-corrected chi connectivity index (χ1v) is 17.4. The molecule has 0 aliphatic carbocycles. The van der Waals surface area contributed by atoms with E-state index in [9.17, 15) is 0 Å². The van der Waals surface area contributed by atoms with Gasteiger partial charge in [0.1, 0.15) is 0 Å². The average molecular weight is 641 g/mol. The molecular weight excluding hydrogens is 613 g/mol. The standard InChI is InChI=1S/C46H28N2S/c1-2-14-40-37(12-1)38-23-22-34(28-42(38)45-44(40)47-24-25-48-45)33-10-5-8-31(26-33)29-18-20-30(21-19-29)32-9-6-11-35(27-32)36-15-7-16-41-39-13-3-4-17-43(39)49-46(36)41/h1-28H. The van der Waals surface area contributed by atoms with Gasteiger partial charge in [-0.15, -0.1) is 11.3 Å². The van der Waals surface area contributed by atoms with Gasteiger partial charge in [0.05, 0.1) is 11.0 Å². The van der Waals surface area contributed by atoms with Gasteiger partial charge in [-0.25, -0.2) is 0 Å². The van der Waals surface area contributed by atoms with Crippen molar-refractivity contribution >= 4 is 64.1 Å². The summed E-state index contributed by atoms with van der Waals surface area (Å²) in [5, 5.41) is 7.32. The highest BCUT2D eigenvalue weighted by Gasteiger charge is 2.13. The third-order valence-corrected chi connectivity index (χ3v) is 11.0. The monoisotopic (exact) mass is 640 g/mol. The van der Waals surface area contributed by atoms with Gasteiger partial charge < -0.3 is 0 Å². The first-order valence-electron chi connectivity index (χ1n) is 16.6. The summed E-state index contributed by atoms with van der Waals surface area (Å²) in [6.45, 7) is 0. The Morgan fingerprint density at radius 1 is 0.327 bits per heavy atom. The van der Waals surface area contributed by atoms with Crippen LogP contribution in [0.5, 0.6) is 0 Å². The average Bonchev–Trinajstić information content (AvgIpc) is 3.57. The molecule has 10 aromatic rings. The van der Waals surface area contributed by atoms with Crippen molar-refractivity contribution in [3.05, 3.63) is 170 Å². The summed E-state index contributed by atoms with van der Waals surface area (Å²) in [7, 11) is 0. The van der Waals surface area contributed by atoms with Crippen molar-refractivity contribution in [2.75, 3.05) is 0 Å². The first kappa shape index (κ1) is 27.9. The number of aromatic nitrogens is 2. The van der Waals surface area contributed by atoms with Crippen LogP contribution in [0.2, 0.25) is 0 Å². The molecule has 8 aromatic carbocycles. The van der Waals surface area contributed by atoms with Crippen molar-refractivity contribution in [3.63, 3.8) is 0 Å². The summed E-state index contributed by atoms with van der Waals surface area (Å²) in [4.78, 5) is 9.50. The molecule has 0 spiro atoms. The van der Waals surface area contributed by atoms with Crippen molar-refractivity contribution in [3.8, 4) is 44.5 Å². The normalized spacial score (nSPS) is 11.7. The van der Waals surface area contributed by atoms with Crippen molar-refractivity contribution in [1.29, 1.82) is 0 Å². The molecule has 2 nitrogen and oxygen atoms in total. The van der Waals surface area contributed by atoms with Crippen LogP contribution >= 0.6 is 11.3 Å². The minimum atomic E-state index is 0.939. The van der Waals surface area contributed by atoms with E-state index in [2.05, 4.69) is 158 Å². The topological polar surface area (TPSA) is 25.8 Å². The number of benzene rings is 8. The smallest absolute Gasteiger partial charge is 0.0971 e. The highest BCUT2D eigenvalue weighted by molar-refractivity contribution is 7.26.